The molecule has 1 fully saturated rings. The first-order valence-electron chi connectivity index (χ1n) is 10.2. The van der Waals surface area contributed by atoms with Crippen LogP contribution in [0.1, 0.15) is 39.8 Å². The highest BCUT2D eigenvalue weighted by atomic mass is 32.1. The van der Waals surface area contributed by atoms with Crippen LogP contribution in [0.15, 0.2) is 35.7 Å². The number of aromatic nitrogens is 1. The number of carbonyl (C=O) groups excluding carboxylic acids is 1. The van der Waals surface area contributed by atoms with Crippen LogP contribution in [0, 0.1) is 13.8 Å². The third kappa shape index (κ3) is 3.74. The Labute approximate surface area is 171 Å². The molecule has 148 valence electrons. The molecule has 0 radical (unpaired) electrons. The van der Waals surface area contributed by atoms with Crippen molar-refractivity contribution in [2.24, 2.45) is 0 Å². The lowest BCUT2D eigenvalue weighted by Gasteiger charge is -2.38. The maximum Gasteiger partial charge on any atom is 0.256 e. The number of hydrogen-bond acceptors (Lipinski definition) is 3. The summed E-state index contributed by atoms with van der Waals surface area (Å²) in [7, 11) is 0. The van der Waals surface area contributed by atoms with Crippen molar-refractivity contribution >= 4 is 28.1 Å². The van der Waals surface area contributed by atoms with Gasteiger partial charge in [0.25, 0.3) is 5.91 Å². The monoisotopic (exact) mass is 395 g/mol. The highest BCUT2D eigenvalue weighted by Crippen LogP contribution is 2.25. The Kier molecular flexibility index (Phi) is 5.56. The Hall–Kier alpha value is -2.11. The third-order valence-corrected chi connectivity index (χ3v) is 7.12. The fraction of sp³-hybridized carbons (Fsp3) is 0.435. The van der Waals surface area contributed by atoms with Crippen molar-refractivity contribution in [3.63, 3.8) is 0 Å². The summed E-state index contributed by atoms with van der Waals surface area (Å²) in [6, 6.07) is 10.9. The number of benzene rings is 1. The van der Waals surface area contributed by atoms with Crippen molar-refractivity contribution in [2.45, 2.75) is 39.7 Å². The fourth-order valence-corrected chi connectivity index (χ4v) is 4.91. The second-order valence-corrected chi connectivity index (χ2v) is 8.93. The van der Waals surface area contributed by atoms with Gasteiger partial charge in [-0.15, -0.1) is 11.3 Å². The van der Waals surface area contributed by atoms with Crippen molar-refractivity contribution in [1.29, 1.82) is 0 Å². The van der Waals surface area contributed by atoms with Gasteiger partial charge in [0.1, 0.15) is 0 Å². The molecule has 1 atom stereocenters. The molecule has 3 heterocycles. The van der Waals surface area contributed by atoms with Crippen LogP contribution in [0.5, 0.6) is 0 Å². The SMILES string of the molecule is Cc1[nH]c2c(C(=O)N3CCN(C(C)CCc4cccs4)CC3)cccc2c1C. The van der Waals surface area contributed by atoms with E-state index in [0.717, 1.165) is 54.8 Å². The van der Waals surface area contributed by atoms with Crippen molar-refractivity contribution < 1.29 is 4.79 Å². The van der Waals surface area contributed by atoms with Crippen molar-refractivity contribution in [3.05, 3.63) is 57.4 Å². The predicted molar refractivity (Wildman–Crippen MR) is 117 cm³/mol. The van der Waals surface area contributed by atoms with E-state index >= 15 is 0 Å². The maximum atomic E-state index is 13.2. The molecule has 1 aliphatic heterocycles. The Morgan fingerprint density at radius 3 is 2.64 bits per heavy atom. The molecule has 1 amide bonds. The zero-order valence-electron chi connectivity index (χ0n) is 17.0. The van der Waals surface area contributed by atoms with Crippen LogP contribution in [0.25, 0.3) is 10.9 Å². The zero-order chi connectivity index (χ0) is 19.7. The Morgan fingerprint density at radius 2 is 1.93 bits per heavy atom. The van der Waals surface area contributed by atoms with Crippen LogP contribution in [-0.2, 0) is 6.42 Å². The lowest BCUT2D eigenvalue weighted by atomic mass is 10.1. The Balaban J connectivity index is 1.38. The number of nitrogens with one attached hydrogen (secondary N) is 1. The number of hydrogen-bond donors (Lipinski definition) is 1. The summed E-state index contributed by atoms with van der Waals surface area (Å²) in [4.78, 5) is 22.6. The summed E-state index contributed by atoms with van der Waals surface area (Å²) in [6.45, 7) is 10.0. The molecule has 4 rings (SSSR count). The van der Waals surface area contributed by atoms with Crippen LogP contribution in [-0.4, -0.2) is 52.9 Å². The van der Waals surface area contributed by atoms with E-state index in [1.54, 1.807) is 0 Å². The Morgan fingerprint density at radius 1 is 1.14 bits per heavy atom. The van der Waals surface area contributed by atoms with Gasteiger partial charge in [0, 0.05) is 48.2 Å². The predicted octanol–water partition coefficient (Wildman–Crippen LogP) is 4.63. The second kappa shape index (κ2) is 8.10. The molecule has 28 heavy (non-hydrogen) atoms. The minimum absolute atomic E-state index is 0.151. The molecule has 1 saturated heterocycles. The number of para-hydroxylation sites is 1. The number of thiophene rings is 1. The Bertz CT molecular complexity index is 952. The van der Waals surface area contributed by atoms with Crippen molar-refractivity contribution in [1.82, 2.24) is 14.8 Å². The van der Waals surface area contributed by atoms with Crippen LogP contribution >= 0.6 is 11.3 Å². The molecule has 4 nitrogen and oxygen atoms in total. The van der Waals surface area contributed by atoms with E-state index in [1.807, 2.05) is 28.4 Å². The van der Waals surface area contributed by atoms with E-state index in [1.165, 1.54) is 16.9 Å². The van der Waals surface area contributed by atoms with Gasteiger partial charge in [0.05, 0.1) is 11.1 Å². The fourth-order valence-electron chi connectivity index (χ4n) is 4.19. The van der Waals surface area contributed by atoms with E-state index in [2.05, 4.69) is 54.2 Å². The lowest BCUT2D eigenvalue weighted by molar-refractivity contribution is 0.0577. The number of amides is 1. The number of rotatable bonds is 5. The van der Waals surface area contributed by atoms with Gasteiger partial charge >= 0.3 is 0 Å². The molecule has 0 bridgehead atoms. The van der Waals surface area contributed by atoms with E-state index < -0.39 is 0 Å². The first-order valence-corrected chi connectivity index (χ1v) is 11.1. The molecule has 0 spiro atoms. The van der Waals surface area contributed by atoms with Crippen LogP contribution in [0.4, 0.5) is 0 Å². The summed E-state index contributed by atoms with van der Waals surface area (Å²) < 4.78 is 0. The van der Waals surface area contributed by atoms with E-state index in [-0.39, 0.29) is 5.91 Å². The standard InChI is InChI=1S/C23H29N3OS/c1-16(9-10-19-6-5-15-28-19)25-11-13-26(14-12-25)23(27)21-8-4-7-20-17(2)18(3)24-22(20)21/h4-8,15-16,24H,9-14H2,1-3H3. The molecule has 1 unspecified atom stereocenters. The average molecular weight is 396 g/mol. The molecule has 1 N–H and O–H groups in total. The smallest absolute Gasteiger partial charge is 0.256 e. The van der Waals surface area contributed by atoms with Gasteiger partial charge in [-0.25, -0.2) is 0 Å². The molecular formula is C23H29N3OS. The van der Waals surface area contributed by atoms with Gasteiger partial charge in [-0.1, -0.05) is 18.2 Å². The minimum Gasteiger partial charge on any atom is -0.358 e. The second-order valence-electron chi connectivity index (χ2n) is 7.90. The highest BCUT2D eigenvalue weighted by molar-refractivity contribution is 7.09. The van der Waals surface area contributed by atoms with Gasteiger partial charge in [-0.3, -0.25) is 9.69 Å². The largest absolute Gasteiger partial charge is 0.358 e. The first-order chi connectivity index (χ1) is 13.5. The third-order valence-electron chi connectivity index (χ3n) is 6.19. The number of piperazine rings is 1. The normalized spacial score (nSPS) is 16.6. The molecule has 0 aliphatic carbocycles. The van der Waals surface area contributed by atoms with Crippen LogP contribution in [0.3, 0.4) is 0 Å². The molecule has 5 heteroatoms. The van der Waals surface area contributed by atoms with E-state index in [0.29, 0.717) is 6.04 Å². The molecular weight excluding hydrogens is 366 g/mol. The first kappa shape index (κ1) is 19.2. The minimum atomic E-state index is 0.151. The average Bonchev–Trinajstić information content (AvgIpc) is 3.34. The molecule has 3 aromatic rings. The molecule has 1 aliphatic rings. The van der Waals surface area contributed by atoms with Gasteiger partial charge < -0.3 is 9.88 Å². The summed E-state index contributed by atoms with van der Waals surface area (Å²) >= 11 is 1.84. The number of aromatic amines is 1. The topological polar surface area (TPSA) is 39.3 Å². The number of nitrogens with zero attached hydrogens (tertiary/aromatic N) is 2. The summed E-state index contributed by atoms with van der Waals surface area (Å²) in [5.41, 5.74) is 4.15. The number of H-pyrrole nitrogens is 1. The van der Waals surface area contributed by atoms with Gasteiger partial charge in [0.2, 0.25) is 0 Å². The molecule has 2 aromatic heterocycles. The lowest BCUT2D eigenvalue weighted by Crippen LogP contribution is -2.51. The van der Waals surface area contributed by atoms with Gasteiger partial charge in [-0.05, 0) is 56.7 Å². The van der Waals surface area contributed by atoms with Crippen LogP contribution in [0.2, 0.25) is 0 Å². The number of fused-ring (bicyclic) bond motifs is 1. The van der Waals surface area contributed by atoms with Crippen LogP contribution < -0.4 is 0 Å². The summed E-state index contributed by atoms with van der Waals surface area (Å²) in [5.74, 6) is 0.151. The number of aryl methyl sites for hydroxylation is 3. The quantitative estimate of drug-likeness (QED) is 0.684. The molecule has 1 aromatic carbocycles. The van der Waals surface area contributed by atoms with Gasteiger partial charge in [-0.2, -0.15) is 0 Å². The highest BCUT2D eigenvalue weighted by Gasteiger charge is 2.26. The van der Waals surface area contributed by atoms with Crippen molar-refractivity contribution in [2.75, 3.05) is 26.2 Å². The summed E-state index contributed by atoms with van der Waals surface area (Å²) in [6.07, 6.45) is 2.32. The molecule has 0 saturated carbocycles. The zero-order valence-corrected chi connectivity index (χ0v) is 17.8. The van der Waals surface area contributed by atoms with Crippen molar-refractivity contribution in [3.8, 4) is 0 Å². The van der Waals surface area contributed by atoms with E-state index in [9.17, 15) is 4.79 Å². The number of carbonyl (C=O) groups is 1. The van der Waals surface area contributed by atoms with Gasteiger partial charge in [0.15, 0.2) is 0 Å². The summed E-state index contributed by atoms with van der Waals surface area (Å²) in [5, 5.41) is 3.31. The van der Waals surface area contributed by atoms with E-state index in [4.69, 9.17) is 0 Å². The maximum absolute atomic E-state index is 13.2.